The van der Waals surface area contributed by atoms with Crippen molar-refractivity contribution >= 4 is 35.0 Å². The van der Waals surface area contributed by atoms with E-state index in [1.807, 2.05) is 0 Å². The number of amides is 2. The largest absolute Gasteiger partial charge is 0.322 e. The predicted octanol–water partition coefficient (Wildman–Crippen LogP) is 3.82. The van der Waals surface area contributed by atoms with Gasteiger partial charge in [-0.05, 0) is 44.2 Å². The van der Waals surface area contributed by atoms with Crippen LogP contribution < -0.4 is 10.2 Å². The number of nitrogens with one attached hydrogen (secondary N) is 1. The quantitative estimate of drug-likeness (QED) is 0.845. The molecule has 7 heteroatoms. The third-order valence-electron chi connectivity index (χ3n) is 4.00. The van der Waals surface area contributed by atoms with Crippen molar-refractivity contribution < 1.29 is 18.4 Å². The van der Waals surface area contributed by atoms with E-state index in [0.29, 0.717) is 11.4 Å². The molecular weight excluding hydrogens is 346 g/mol. The topological polar surface area (TPSA) is 49.4 Å². The van der Waals surface area contributed by atoms with Gasteiger partial charge in [-0.25, -0.2) is 8.78 Å². The Morgan fingerprint density at radius 2 is 1.92 bits per heavy atom. The third-order valence-corrected chi connectivity index (χ3v) is 5.02. The van der Waals surface area contributed by atoms with Crippen molar-refractivity contribution in [3.05, 3.63) is 54.1 Å². The fourth-order valence-corrected chi connectivity index (χ4v) is 3.50. The van der Waals surface area contributed by atoms with Crippen LogP contribution in [-0.4, -0.2) is 23.1 Å². The van der Waals surface area contributed by atoms with Gasteiger partial charge >= 0.3 is 0 Å². The Balaban J connectivity index is 1.87. The van der Waals surface area contributed by atoms with Gasteiger partial charge in [0, 0.05) is 4.90 Å². The Morgan fingerprint density at radius 3 is 2.68 bits per heavy atom. The maximum absolute atomic E-state index is 13.7. The molecule has 130 valence electrons. The molecule has 2 aromatic rings. The number of fused-ring (bicyclic) bond motifs is 1. The van der Waals surface area contributed by atoms with E-state index in [1.165, 1.54) is 4.90 Å². The van der Waals surface area contributed by atoms with E-state index in [1.54, 1.807) is 38.1 Å². The third kappa shape index (κ3) is 3.24. The van der Waals surface area contributed by atoms with Crippen molar-refractivity contribution in [3.63, 3.8) is 0 Å². The highest BCUT2D eigenvalue weighted by atomic mass is 32.2. The molecule has 0 aliphatic carbocycles. The van der Waals surface area contributed by atoms with Crippen molar-refractivity contribution in [1.82, 2.24) is 0 Å². The monoisotopic (exact) mass is 362 g/mol. The molecule has 0 saturated heterocycles. The summed E-state index contributed by atoms with van der Waals surface area (Å²) in [6, 6.07) is 10.1. The van der Waals surface area contributed by atoms with E-state index in [9.17, 15) is 18.4 Å². The molecule has 0 bridgehead atoms. The minimum atomic E-state index is -1.09. The summed E-state index contributed by atoms with van der Waals surface area (Å²) in [6.07, 6.45) is 0. The van der Waals surface area contributed by atoms with Crippen LogP contribution >= 0.6 is 11.8 Å². The molecule has 1 heterocycles. The molecule has 0 aromatic heterocycles. The Morgan fingerprint density at radius 1 is 1.20 bits per heavy atom. The van der Waals surface area contributed by atoms with Gasteiger partial charge in [0.2, 0.25) is 11.8 Å². The molecule has 1 aliphatic heterocycles. The average molecular weight is 362 g/mol. The fraction of sp³-hybridized carbons (Fsp3) is 0.222. The lowest BCUT2D eigenvalue weighted by Crippen LogP contribution is -2.58. The highest BCUT2D eigenvalue weighted by molar-refractivity contribution is 8.00. The number of anilines is 2. The molecule has 0 radical (unpaired) electrons. The summed E-state index contributed by atoms with van der Waals surface area (Å²) in [4.78, 5) is 26.6. The molecule has 2 amide bonds. The number of hydrogen-bond donors (Lipinski definition) is 1. The van der Waals surface area contributed by atoms with Crippen LogP contribution in [-0.2, 0) is 9.59 Å². The van der Waals surface area contributed by atoms with Gasteiger partial charge in [-0.3, -0.25) is 14.5 Å². The molecule has 1 aliphatic rings. The Bertz CT molecular complexity index is 855. The lowest BCUT2D eigenvalue weighted by Gasteiger charge is -2.42. The van der Waals surface area contributed by atoms with Crippen molar-refractivity contribution in [3.8, 4) is 0 Å². The average Bonchev–Trinajstić information content (AvgIpc) is 2.56. The van der Waals surface area contributed by atoms with Crippen molar-refractivity contribution in [1.29, 1.82) is 0 Å². The second kappa shape index (κ2) is 6.48. The maximum Gasteiger partial charge on any atom is 0.250 e. The van der Waals surface area contributed by atoms with Crippen LogP contribution in [0.2, 0.25) is 0 Å². The fourth-order valence-electron chi connectivity index (χ4n) is 2.69. The zero-order chi connectivity index (χ0) is 18.2. The summed E-state index contributed by atoms with van der Waals surface area (Å²) in [5.41, 5.74) is 0.0338. The van der Waals surface area contributed by atoms with Gasteiger partial charge in [0.1, 0.15) is 17.2 Å². The summed E-state index contributed by atoms with van der Waals surface area (Å²) in [5.74, 6) is -1.94. The smallest absolute Gasteiger partial charge is 0.250 e. The second-order valence-electron chi connectivity index (χ2n) is 6.12. The summed E-state index contributed by atoms with van der Waals surface area (Å²) in [5, 5.41) is 2.78. The van der Waals surface area contributed by atoms with Crippen LogP contribution in [0.1, 0.15) is 13.8 Å². The van der Waals surface area contributed by atoms with Gasteiger partial charge in [-0.1, -0.05) is 12.1 Å². The van der Waals surface area contributed by atoms with Crippen LogP contribution in [0.25, 0.3) is 0 Å². The first-order valence-corrected chi connectivity index (χ1v) is 8.60. The minimum absolute atomic E-state index is 0.0564. The minimum Gasteiger partial charge on any atom is -0.322 e. The number of hydrogen-bond acceptors (Lipinski definition) is 3. The molecule has 4 nitrogen and oxygen atoms in total. The van der Waals surface area contributed by atoms with E-state index in [2.05, 4.69) is 5.32 Å². The molecule has 2 aromatic carbocycles. The van der Waals surface area contributed by atoms with Crippen LogP contribution in [0.15, 0.2) is 47.4 Å². The zero-order valence-electron chi connectivity index (χ0n) is 13.7. The van der Waals surface area contributed by atoms with Crippen LogP contribution in [0.4, 0.5) is 20.2 Å². The molecular formula is C18H16F2N2O2S. The van der Waals surface area contributed by atoms with Gasteiger partial charge in [-0.2, -0.15) is 0 Å². The maximum atomic E-state index is 13.7. The summed E-state index contributed by atoms with van der Waals surface area (Å²) in [6.45, 7) is 3.28. The Hall–Kier alpha value is -2.41. The molecule has 0 atom stereocenters. The number of carbonyl (C=O) groups is 2. The number of nitrogens with zero attached hydrogens (tertiary/aromatic N) is 1. The van der Waals surface area contributed by atoms with Gasteiger partial charge < -0.3 is 5.32 Å². The first-order valence-electron chi connectivity index (χ1n) is 7.62. The van der Waals surface area contributed by atoms with Crippen molar-refractivity contribution in [2.75, 3.05) is 16.0 Å². The van der Waals surface area contributed by atoms with Crippen LogP contribution in [0.5, 0.6) is 0 Å². The van der Waals surface area contributed by atoms with Crippen molar-refractivity contribution in [2.24, 2.45) is 0 Å². The SMILES string of the molecule is CC1(C)C(=O)Nc2ccccc2N1C(=O)CSc1cc(F)ccc1F. The standard InChI is InChI=1S/C18H16F2N2O2S/c1-18(2)17(24)21-13-5-3-4-6-14(13)22(18)16(23)10-25-15-9-11(19)7-8-12(15)20/h3-9H,10H2,1-2H3,(H,21,24). The first kappa shape index (κ1) is 17.4. The second-order valence-corrected chi connectivity index (χ2v) is 7.14. The number of thioether (sulfide) groups is 1. The van der Waals surface area contributed by atoms with Gasteiger partial charge in [0.25, 0.3) is 0 Å². The molecule has 0 saturated carbocycles. The molecule has 0 fully saturated rings. The van der Waals surface area contributed by atoms with Crippen LogP contribution in [0.3, 0.4) is 0 Å². The van der Waals surface area contributed by atoms with Gasteiger partial charge in [0.15, 0.2) is 0 Å². The molecule has 0 unspecified atom stereocenters. The predicted molar refractivity (Wildman–Crippen MR) is 93.7 cm³/mol. The first-order chi connectivity index (χ1) is 11.8. The molecule has 0 spiro atoms. The lowest BCUT2D eigenvalue weighted by molar-refractivity contribution is -0.125. The molecule has 1 N–H and O–H groups in total. The molecule has 25 heavy (non-hydrogen) atoms. The highest BCUT2D eigenvalue weighted by Crippen LogP contribution is 2.37. The normalized spacial score (nSPS) is 15.5. The highest BCUT2D eigenvalue weighted by Gasteiger charge is 2.43. The Kier molecular flexibility index (Phi) is 4.51. The molecule has 3 rings (SSSR count). The number of para-hydroxylation sites is 2. The number of benzene rings is 2. The zero-order valence-corrected chi connectivity index (χ0v) is 14.5. The summed E-state index contributed by atoms with van der Waals surface area (Å²) < 4.78 is 27.0. The van der Waals surface area contributed by atoms with E-state index < -0.39 is 17.2 Å². The van der Waals surface area contributed by atoms with Crippen LogP contribution in [0, 0.1) is 11.6 Å². The summed E-state index contributed by atoms with van der Waals surface area (Å²) >= 11 is 0.902. The van der Waals surface area contributed by atoms with E-state index in [0.717, 1.165) is 30.0 Å². The van der Waals surface area contributed by atoms with E-state index >= 15 is 0 Å². The Labute approximate surface area is 148 Å². The lowest BCUT2D eigenvalue weighted by atomic mass is 9.96. The summed E-state index contributed by atoms with van der Waals surface area (Å²) in [7, 11) is 0. The number of halogens is 2. The number of rotatable bonds is 3. The van der Waals surface area contributed by atoms with Crippen molar-refractivity contribution in [2.45, 2.75) is 24.3 Å². The van der Waals surface area contributed by atoms with E-state index in [4.69, 9.17) is 0 Å². The van der Waals surface area contributed by atoms with E-state index in [-0.39, 0.29) is 22.5 Å². The van der Waals surface area contributed by atoms with Gasteiger partial charge in [0.05, 0.1) is 17.1 Å². The number of carbonyl (C=O) groups excluding carboxylic acids is 2. The van der Waals surface area contributed by atoms with Gasteiger partial charge in [-0.15, -0.1) is 11.8 Å².